The molecule has 53 heavy (non-hydrogen) atoms. The molecule has 0 unspecified atom stereocenters. The molecule has 0 spiro atoms. The molecule has 3 N–H and O–H groups in total. The maximum absolute atomic E-state index is 14.6. The van der Waals surface area contributed by atoms with E-state index in [4.69, 9.17) is 14.5 Å². The Morgan fingerprint density at radius 3 is 2.55 bits per heavy atom. The summed E-state index contributed by atoms with van der Waals surface area (Å²) in [5.41, 5.74) is 0.812. The van der Waals surface area contributed by atoms with Crippen LogP contribution < -0.4 is 24.8 Å². The number of para-hydroxylation sites is 2. The van der Waals surface area contributed by atoms with Gasteiger partial charge in [0.05, 0.1) is 23.9 Å². The number of fused-ring (bicyclic) bond motifs is 3. The summed E-state index contributed by atoms with van der Waals surface area (Å²) in [5, 5.41) is 6.38. The van der Waals surface area contributed by atoms with Crippen LogP contribution in [0.4, 0.5) is 5.69 Å². The van der Waals surface area contributed by atoms with E-state index in [2.05, 4.69) is 15.4 Å². The molecule has 1 saturated heterocycles. The van der Waals surface area contributed by atoms with E-state index in [0.29, 0.717) is 36.5 Å². The lowest BCUT2D eigenvalue weighted by Crippen LogP contribution is -2.58. The molecule has 13 nitrogen and oxygen atoms in total. The zero-order chi connectivity index (χ0) is 37.5. The lowest BCUT2D eigenvalue weighted by molar-refractivity contribution is -0.140. The van der Waals surface area contributed by atoms with Gasteiger partial charge in [-0.15, -0.1) is 0 Å². The van der Waals surface area contributed by atoms with E-state index in [0.717, 1.165) is 36.9 Å². The average molecular weight is 747 g/mol. The Kier molecular flexibility index (Phi) is 9.94. The van der Waals surface area contributed by atoms with Crippen LogP contribution in [0.15, 0.2) is 60.7 Å². The summed E-state index contributed by atoms with van der Waals surface area (Å²) < 4.78 is 41.8. The molecule has 3 aromatic rings. The summed E-state index contributed by atoms with van der Waals surface area (Å²) in [5.74, 6) is -1.31. The molecule has 1 aromatic heterocycles. The van der Waals surface area contributed by atoms with Crippen LogP contribution in [0.5, 0.6) is 11.8 Å². The highest BCUT2D eigenvalue weighted by atomic mass is 32.2. The molecule has 14 heteroatoms. The third-order valence-corrected chi connectivity index (χ3v) is 13.4. The molecule has 2 aromatic carbocycles. The quantitative estimate of drug-likeness (QED) is 0.260. The number of nitrogens with one attached hydrogen (secondary N) is 3. The van der Waals surface area contributed by atoms with Crippen molar-refractivity contribution in [1.29, 1.82) is 0 Å². The molecule has 0 bridgehead atoms. The van der Waals surface area contributed by atoms with Gasteiger partial charge in [-0.1, -0.05) is 49.3 Å². The van der Waals surface area contributed by atoms with Gasteiger partial charge in [0.25, 0.3) is 11.9 Å². The van der Waals surface area contributed by atoms with Crippen LogP contribution in [0.2, 0.25) is 0 Å². The van der Waals surface area contributed by atoms with Crippen LogP contribution in [0.1, 0.15) is 84.6 Å². The third-order valence-electron chi connectivity index (χ3n) is 11.2. The van der Waals surface area contributed by atoms with Crippen LogP contribution in [-0.2, 0) is 24.4 Å². The van der Waals surface area contributed by atoms with Gasteiger partial charge in [-0.3, -0.25) is 23.7 Å². The standard InChI is InChI=1S/C39H50N6O7S/c1-25(2)45-30-18-13-19-32(51-4)33(30)41-37(45)52-28-22-31-34(46)42-39(36(48)43-53(49,50)38(3)20-21-38)23-26(39)14-9-6-5-7-12-17-29(35(47)44(31)24-28)40-27-15-10-8-11-16-27/h8-11,13-16,18-19,25-26,28-29,31,40H,5-7,12,17,20-24H2,1-4H3,(H,42,46)(H,43,48)/b14-9-/t26-,28+,29-,31-,39+/m0/s1. The number of amides is 3. The molecule has 3 fully saturated rings. The Balaban J connectivity index is 1.22. The second kappa shape index (κ2) is 14.3. The van der Waals surface area contributed by atoms with Gasteiger partial charge in [-0.25, -0.2) is 8.42 Å². The van der Waals surface area contributed by atoms with Gasteiger partial charge in [0.2, 0.25) is 21.8 Å². The number of benzene rings is 2. The van der Waals surface area contributed by atoms with Gasteiger partial charge >= 0.3 is 0 Å². The number of anilines is 1. The fraction of sp³-hybridized carbons (Fsp3) is 0.538. The fourth-order valence-electron chi connectivity index (χ4n) is 7.65. The Labute approximate surface area is 310 Å². The molecular formula is C39H50N6O7S. The number of imidazole rings is 1. The Morgan fingerprint density at radius 2 is 1.83 bits per heavy atom. The lowest BCUT2D eigenvalue weighted by atomic mass is 10.0. The normalized spacial score (nSPS) is 27.8. The second-order valence-electron chi connectivity index (χ2n) is 15.5. The summed E-state index contributed by atoms with van der Waals surface area (Å²) >= 11 is 0. The van der Waals surface area contributed by atoms with Crippen LogP contribution in [0, 0.1) is 5.92 Å². The van der Waals surface area contributed by atoms with Crippen molar-refractivity contribution in [3.8, 4) is 11.8 Å². The second-order valence-corrected chi connectivity index (χ2v) is 17.6. The Hall–Kier alpha value is -4.59. The van der Waals surface area contributed by atoms with Crippen molar-refractivity contribution < 1.29 is 32.3 Å². The Morgan fingerprint density at radius 1 is 1.06 bits per heavy atom. The average Bonchev–Trinajstić information content (AvgIpc) is 3.95. The minimum Gasteiger partial charge on any atom is -0.494 e. The highest BCUT2D eigenvalue weighted by Gasteiger charge is 2.63. The van der Waals surface area contributed by atoms with E-state index in [1.54, 1.807) is 18.9 Å². The number of carbonyl (C=O) groups excluding carboxylic acids is 3. The van der Waals surface area contributed by atoms with Gasteiger partial charge in [0.15, 0.2) is 0 Å². The minimum absolute atomic E-state index is 0.0224. The zero-order valence-corrected chi connectivity index (χ0v) is 31.7. The van der Waals surface area contributed by atoms with Crippen molar-refractivity contribution in [2.24, 2.45) is 5.92 Å². The maximum Gasteiger partial charge on any atom is 0.298 e. The van der Waals surface area contributed by atoms with Crippen molar-refractivity contribution in [3.63, 3.8) is 0 Å². The smallest absolute Gasteiger partial charge is 0.298 e. The van der Waals surface area contributed by atoms with E-state index in [-0.39, 0.29) is 37.3 Å². The lowest BCUT2D eigenvalue weighted by Gasteiger charge is -2.30. The first-order chi connectivity index (χ1) is 25.4. The molecule has 2 aliphatic heterocycles. The Bertz CT molecular complexity index is 2010. The number of aromatic nitrogens is 2. The molecule has 284 valence electrons. The predicted octanol–water partition coefficient (Wildman–Crippen LogP) is 4.85. The topological polar surface area (TPSA) is 161 Å². The number of methoxy groups -OCH3 is 1. The van der Waals surface area contributed by atoms with Crippen molar-refractivity contribution in [2.45, 2.75) is 113 Å². The van der Waals surface area contributed by atoms with Crippen molar-refractivity contribution in [2.75, 3.05) is 19.0 Å². The van der Waals surface area contributed by atoms with Crippen molar-refractivity contribution >= 4 is 44.5 Å². The summed E-state index contributed by atoms with van der Waals surface area (Å²) in [4.78, 5) is 49.4. The first-order valence-electron chi connectivity index (χ1n) is 18.7. The van der Waals surface area contributed by atoms with E-state index < -0.39 is 50.3 Å². The van der Waals surface area contributed by atoms with Crippen LogP contribution >= 0.6 is 0 Å². The first-order valence-corrected chi connectivity index (χ1v) is 20.2. The highest BCUT2D eigenvalue weighted by molar-refractivity contribution is 7.91. The van der Waals surface area contributed by atoms with Gasteiger partial charge in [-0.2, -0.15) is 4.98 Å². The van der Waals surface area contributed by atoms with E-state index in [1.807, 2.05) is 79.1 Å². The monoisotopic (exact) mass is 746 g/mol. The minimum atomic E-state index is -3.95. The summed E-state index contributed by atoms with van der Waals surface area (Å²) in [6, 6.07) is 13.9. The fourth-order valence-corrected chi connectivity index (χ4v) is 8.96. The molecule has 3 heterocycles. The van der Waals surface area contributed by atoms with E-state index in [9.17, 15) is 22.8 Å². The number of sulfonamides is 1. The number of carbonyl (C=O) groups is 3. The van der Waals surface area contributed by atoms with Crippen molar-refractivity contribution in [3.05, 3.63) is 60.7 Å². The molecule has 2 saturated carbocycles. The number of allylic oxidation sites excluding steroid dienone is 1. The van der Waals surface area contributed by atoms with E-state index in [1.165, 1.54) is 0 Å². The number of ether oxygens (including phenoxy) is 2. The van der Waals surface area contributed by atoms with Crippen molar-refractivity contribution in [1.82, 2.24) is 24.5 Å². The van der Waals surface area contributed by atoms with Crippen LogP contribution in [0.3, 0.4) is 0 Å². The predicted molar refractivity (Wildman–Crippen MR) is 201 cm³/mol. The SMILES string of the molecule is COc1cccc2c1nc(O[C@@H]1C[C@H]3C(=O)N[C@]4(C(=O)NS(=O)(=O)C5(C)CC5)C[C@@H]4/C=C\CCCCC[C@H](Nc4ccccc4)C(=O)N3C1)n2C(C)C. The third kappa shape index (κ3) is 7.21. The number of nitrogens with zero attached hydrogens (tertiary/aromatic N) is 3. The van der Waals surface area contributed by atoms with Crippen LogP contribution in [-0.4, -0.2) is 82.7 Å². The zero-order valence-electron chi connectivity index (χ0n) is 30.8. The molecule has 4 aliphatic rings. The summed E-state index contributed by atoms with van der Waals surface area (Å²) in [6.45, 7) is 5.78. The molecule has 3 amide bonds. The van der Waals surface area contributed by atoms with Gasteiger partial charge in [0.1, 0.15) is 35.0 Å². The summed E-state index contributed by atoms with van der Waals surface area (Å²) in [7, 11) is -2.36. The first kappa shape index (κ1) is 36.8. The summed E-state index contributed by atoms with van der Waals surface area (Å²) in [6.07, 6.45) is 8.54. The molecule has 2 aliphatic carbocycles. The molecule has 0 radical (unpaired) electrons. The largest absolute Gasteiger partial charge is 0.494 e. The van der Waals surface area contributed by atoms with Gasteiger partial charge in [-0.05, 0) is 83.6 Å². The molecule has 5 atom stereocenters. The van der Waals surface area contributed by atoms with Gasteiger partial charge < -0.3 is 25.0 Å². The number of hydrogen-bond acceptors (Lipinski definition) is 9. The van der Waals surface area contributed by atoms with E-state index >= 15 is 0 Å². The van der Waals surface area contributed by atoms with Gasteiger partial charge in [0, 0.05) is 24.1 Å². The van der Waals surface area contributed by atoms with Crippen LogP contribution in [0.25, 0.3) is 11.0 Å². The molecular weight excluding hydrogens is 697 g/mol. The maximum atomic E-state index is 14.6. The number of rotatable bonds is 9. The molecule has 7 rings (SSSR count). The highest BCUT2D eigenvalue weighted by Crippen LogP contribution is 2.47. The number of hydrogen-bond donors (Lipinski definition) is 3.